The lowest BCUT2D eigenvalue weighted by Gasteiger charge is -2.32. The van der Waals surface area contributed by atoms with Crippen LogP contribution in [-0.2, 0) is 9.53 Å². The minimum absolute atomic E-state index is 0. The van der Waals surface area contributed by atoms with Crippen LogP contribution >= 0.6 is 12.4 Å². The third kappa shape index (κ3) is 4.33. The first-order valence-corrected chi connectivity index (χ1v) is 7.03. The molecule has 2 rings (SSSR count). The van der Waals surface area contributed by atoms with Gasteiger partial charge in [-0.2, -0.15) is 0 Å². The molecule has 1 amide bonds. The van der Waals surface area contributed by atoms with Gasteiger partial charge in [0.05, 0.1) is 18.8 Å². The van der Waals surface area contributed by atoms with Gasteiger partial charge in [0.1, 0.15) is 5.75 Å². The van der Waals surface area contributed by atoms with E-state index in [0.717, 1.165) is 0 Å². The van der Waals surface area contributed by atoms with E-state index in [1.807, 2.05) is 12.1 Å². The highest BCUT2D eigenvalue weighted by Gasteiger charge is 2.35. The third-order valence-electron chi connectivity index (χ3n) is 3.79. The molecule has 1 aliphatic heterocycles. The Morgan fingerprint density at radius 1 is 1.45 bits per heavy atom. The number of methoxy groups -OCH3 is 1. The van der Waals surface area contributed by atoms with E-state index in [0.29, 0.717) is 37.4 Å². The maximum atomic E-state index is 12.2. The van der Waals surface area contributed by atoms with Crippen LogP contribution in [0, 0.1) is 0 Å². The summed E-state index contributed by atoms with van der Waals surface area (Å²) in [4.78, 5) is 12.2. The lowest BCUT2D eigenvalue weighted by atomic mass is 9.90. The van der Waals surface area contributed by atoms with Crippen molar-refractivity contribution < 1.29 is 19.4 Å². The van der Waals surface area contributed by atoms with Gasteiger partial charge < -0.3 is 25.6 Å². The van der Waals surface area contributed by atoms with Gasteiger partial charge in [-0.15, -0.1) is 12.4 Å². The van der Waals surface area contributed by atoms with Gasteiger partial charge >= 0.3 is 0 Å². The summed E-state index contributed by atoms with van der Waals surface area (Å²) in [6.07, 6.45) is 0.140. The average Bonchev–Trinajstić information content (AvgIpc) is 2.52. The van der Waals surface area contributed by atoms with E-state index in [2.05, 4.69) is 5.32 Å². The number of carbonyl (C=O) groups is 1. The Morgan fingerprint density at radius 2 is 2.09 bits per heavy atom. The number of benzene rings is 1. The molecule has 1 heterocycles. The maximum Gasteiger partial charge on any atom is 0.240 e. The number of halogens is 1. The lowest BCUT2D eigenvalue weighted by molar-refractivity contribution is -0.130. The molecule has 0 spiro atoms. The molecule has 0 saturated carbocycles. The van der Waals surface area contributed by atoms with Crippen LogP contribution < -0.4 is 15.8 Å². The largest absolute Gasteiger partial charge is 0.496 e. The van der Waals surface area contributed by atoms with E-state index in [1.54, 1.807) is 19.2 Å². The Labute approximate surface area is 136 Å². The number of rotatable bonds is 5. The molecule has 4 N–H and O–H groups in total. The maximum absolute atomic E-state index is 12.2. The molecule has 0 bridgehead atoms. The van der Waals surface area contributed by atoms with E-state index in [4.69, 9.17) is 15.2 Å². The van der Waals surface area contributed by atoms with Crippen molar-refractivity contribution in [3.63, 3.8) is 0 Å². The van der Waals surface area contributed by atoms with Crippen molar-refractivity contribution in [2.24, 2.45) is 5.73 Å². The first-order chi connectivity index (χ1) is 10.1. The number of amides is 1. The number of carbonyl (C=O) groups excluding carboxylic acids is 1. The van der Waals surface area contributed by atoms with Gasteiger partial charge in [-0.3, -0.25) is 4.79 Å². The molecule has 124 valence electrons. The fraction of sp³-hybridized carbons (Fsp3) is 0.533. The van der Waals surface area contributed by atoms with Crippen molar-refractivity contribution in [2.45, 2.75) is 24.5 Å². The van der Waals surface area contributed by atoms with Crippen LogP contribution in [0.15, 0.2) is 24.3 Å². The zero-order valence-electron chi connectivity index (χ0n) is 12.6. The second-order valence-corrected chi connectivity index (χ2v) is 5.24. The Kier molecular flexibility index (Phi) is 7.09. The smallest absolute Gasteiger partial charge is 0.240 e. The van der Waals surface area contributed by atoms with Gasteiger partial charge in [0.2, 0.25) is 5.91 Å². The molecule has 1 aromatic rings. The number of aliphatic hydroxyl groups is 1. The highest BCUT2D eigenvalue weighted by Crippen LogP contribution is 2.24. The molecule has 1 saturated heterocycles. The van der Waals surface area contributed by atoms with Gasteiger partial charge in [-0.25, -0.2) is 0 Å². The molecule has 1 atom stereocenters. The zero-order chi connectivity index (χ0) is 15.3. The van der Waals surface area contributed by atoms with Gasteiger partial charge in [0.25, 0.3) is 0 Å². The van der Waals surface area contributed by atoms with Crippen LogP contribution in [0.5, 0.6) is 5.75 Å². The van der Waals surface area contributed by atoms with E-state index in [-0.39, 0.29) is 24.9 Å². The van der Waals surface area contributed by atoms with Crippen molar-refractivity contribution in [1.82, 2.24) is 5.32 Å². The standard InChI is InChI=1S/C15H22N2O4.ClH/c1-20-13-5-3-2-4-11(13)12(18)10-17-14(19)15(16)6-8-21-9-7-15;/h2-5,12,18H,6-10,16H2,1H3,(H,17,19);1H. The number of ether oxygens (including phenoxy) is 2. The van der Waals surface area contributed by atoms with Crippen LogP contribution in [0.2, 0.25) is 0 Å². The summed E-state index contributed by atoms with van der Waals surface area (Å²) in [5.74, 6) is 0.340. The number of hydrogen-bond donors (Lipinski definition) is 3. The Balaban J connectivity index is 0.00000242. The quantitative estimate of drug-likeness (QED) is 0.741. The van der Waals surface area contributed by atoms with Gasteiger partial charge in [-0.05, 0) is 18.9 Å². The molecule has 1 aromatic carbocycles. The number of nitrogens with one attached hydrogen (secondary N) is 1. The van der Waals surface area contributed by atoms with Crippen LogP contribution in [0.1, 0.15) is 24.5 Å². The van der Waals surface area contributed by atoms with E-state index in [9.17, 15) is 9.90 Å². The first kappa shape index (κ1) is 18.7. The fourth-order valence-electron chi connectivity index (χ4n) is 2.38. The van der Waals surface area contributed by atoms with Crippen LogP contribution in [0.25, 0.3) is 0 Å². The number of aliphatic hydroxyl groups excluding tert-OH is 1. The number of nitrogens with two attached hydrogens (primary N) is 1. The molecule has 7 heteroatoms. The molecule has 6 nitrogen and oxygen atoms in total. The molecule has 1 aliphatic rings. The van der Waals surface area contributed by atoms with Crippen LogP contribution in [0.4, 0.5) is 0 Å². The van der Waals surface area contributed by atoms with Gasteiger partial charge in [-0.1, -0.05) is 18.2 Å². The third-order valence-corrected chi connectivity index (χ3v) is 3.79. The van der Waals surface area contributed by atoms with Crippen molar-refractivity contribution in [1.29, 1.82) is 0 Å². The highest BCUT2D eigenvalue weighted by atomic mass is 35.5. The Bertz CT molecular complexity index is 492. The molecule has 0 radical (unpaired) electrons. The van der Waals surface area contributed by atoms with Gasteiger partial charge in [0.15, 0.2) is 0 Å². The first-order valence-electron chi connectivity index (χ1n) is 7.03. The van der Waals surface area contributed by atoms with E-state index >= 15 is 0 Å². The summed E-state index contributed by atoms with van der Waals surface area (Å²) in [6.45, 7) is 1.07. The Morgan fingerprint density at radius 3 is 2.73 bits per heavy atom. The molecule has 0 aromatic heterocycles. The zero-order valence-corrected chi connectivity index (χ0v) is 13.4. The fourth-order valence-corrected chi connectivity index (χ4v) is 2.38. The SMILES string of the molecule is COc1ccccc1C(O)CNC(=O)C1(N)CCOCC1.Cl. The molecule has 22 heavy (non-hydrogen) atoms. The topological polar surface area (TPSA) is 93.8 Å². The molecular formula is C15H23ClN2O4. The Hall–Kier alpha value is -1.34. The summed E-state index contributed by atoms with van der Waals surface area (Å²) in [6, 6.07) is 7.17. The predicted octanol–water partition coefficient (Wildman–Crippen LogP) is 0.774. The summed E-state index contributed by atoms with van der Waals surface area (Å²) < 4.78 is 10.4. The number of hydrogen-bond acceptors (Lipinski definition) is 5. The van der Waals surface area contributed by atoms with Crippen molar-refractivity contribution in [3.8, 4) is 5.75 Å². The molecular weight excluding hydrogens is 308 g/mol. The summed E-state index contributed by atoms with van der Waals surface area (Å²) in [5, 5.41) is 12.9. The monoisotopic (exact) mass is 330 g/mol. The minimum Gasteiger partial charge on any atom is -0.496 e. The molecule has 1 unspecified atom stereocenters. The van der Waals surface area contributed by atoms with Crippen LogP contribution in [0.3, 0.4) is 0 Å². The second-order valence-electron chi connectivity index (χ2n) is 5.24. The lowest BCUT2D eigenvalue weighted by Crippen LogP contribution is -2.57. The molecule has 1 fully saturated rings. The summed E-state index contributed by atoms with van der Waals surface area (Å²) in [7, 11) is 1.54. The van der Waals surface area contributed by atoms with Gasteiger partial charge in [0, 0.05) is 25.3 Å². The van der Waals surface area contributed by atoms with Crippen molar-refractivity contribution in [2.75, 3.05) is 26.9 Å². The van der Waals surface area contributed by atoms with E-state index < -0.39 is 11.6 Å². The summed E-state index contributed by atoms with van der Waals surface area (Å²) in [5.41, 5.74) is 5.82. The van der Waals surface area contributed by atoms with Crippen molar-refractivity contribution in [3.05, 3.63) is 29.8 Å². The minimum atomic E-state index is -0.904. The van der Waals surface area contributed by atoms with E-state index in [1.165, 1.54) is 0 Å². The second kappa shape index (κ2) is 8.33. The predicted molar refractivity (Wildman–Crippen MR) is 85.2 cm³/mol. The van der Waals surface area contributed by atoms with Crippen LogP contribution in [-0.4, -0.2) is 43.4 Å². The summed E-state index contributed by atoms with van der Waals surface area (Å²) >= 11 is 0. The highest BCUT2D eigenvalue weighted by molar-refractivity contribution is 5.86. The average molecular weight is 331 g/mol. The van der Waals surface area contributed by atoms with Crippen molar-refractivity contribution >= 4 is 18.3 Å². The normalized spacial score (nSPS) is 18.0. The molecule has 0 aliphatic carbocycles. The number of para-hydroxylation sites is 1.